The Morgan fingerprint density at radius 3 is 2.39 bits per heavy atom. The van der Waals surface area contributed by atoms with Crippen molar-refractivity contribution < 1.29 is 31.7 Å². The summed E-state index contributed by atoms with van der Waals surface area (Å²) in [7, 11) is -2.98. The molecule has 196 valence electrons. The summed E-state index contributed by atoms with van der Waals surface area (Å²) < 4.78 is 35.9. The van der Waals surface area contributed by atoms with E-state index in [4.69, 9.17) is 32.1 Å². The lowest BCUT2D eigenvalue weighted by molar-refractivity contribution is -0.127. The summed E-state index contributed by atoms with van der Waals surface area (Å²) in [5.74, 6) is -1.48. The van der Waals surface area contributed by atoms with E-state index in [1.165, 1.54) is 49.6 Å². The van der Waals surface area contributed by atoms with Crippen LogP contribution in [0.2, 0.25) is 10.0 Å². The van der Waals surface area contributed by atoms with E-state index < -0.39 is 33.7 Å². The summed E-state index contributed by atoms with van der Waals surface area (Å²) >= 11 is 12.8. The van der Waals surface area contributed by atoms with Crippen molar-refractivity contribution in [2.24, 2.45) is 0 Å². The Kier molecular flexibility index (Phi) is 8.32. The fourth-order valence-electron chi connectivity index (χ4n) is 3.32. The number of ether oxygens (including phenoxy) is 1. The van der Waals surface area contributed by atoms with Gasteiger partial charge in [0, 0.05) is 10.7 Å². The topological polar surface area (TPSA) is 119 Å². The first-order valence-electron chi connectivity index (χ1n) is 10.8. The minimum absolute atomic E-state index is 0.0252. The Labute approximate surface area is 232 Å². The molecule has 1 aliphatic rings. The van der Waals surface area contributed by atoms with Crippen molar-refractivity contribution in [2.45, 2.75) is 4.90 Å². The average Bonchev–Trinajstić information content (AvgIpc) is 3.13. The van der Waals surface area contributed by atoms with Gasteiger partial charge in [0.05, 0.1) is 17.0 Å². The van der Waals surface area contributed by atoms with Crippen LogP contribution in [0, 0.1) is 0 Å². The van der Waals surface area contributed by atoms with E-state index in [2.05, 4.69) is 5.32 Å². The van der Waals surface area contributed by atoms with Crippen LogP contribution >= 0.6 is 35.0 Å². The third-order valence-electron chi connectivity index (χ3n) is 5.08. The number of carbonyl (C=O) groups excluding carboxylic acids is 3. The van der Waals surface area contributed by atoms with Gasteiger partial charge in [-0.1, -0.05) is 41.4 Å². The second kappa shape index (κ2) is 11.5. The highest BCUT2D eigenvalue weighted by Gasteiger charge is 2.36. The summed E-state index contributed by atoms with van der Waals surface area (Å²) in [6.45, 7) is -0.462. The lowest BCUT2D eigenvalue weighted by Gasteiger charge is -2.13. The van der Waals surface area contributed by atoms with E-state index in [9.17, 15) is 22.8 Å². The first-order valence-corrected chi connectivity index (χ1v) is 13.7. The number of hydrogen-bond acceptors (Lipinski definition) is 8. The molecule has 0 aromatic heterocycles. The monoisotopic (exact) mass is 592 g/mol. The number of carbonyl (C=O) groups is 3. The highest BCUT2D eigenvalue weighted by molar-refractivity contribution is 8.18. The number of imide groups is 1. The van der Waals surface area contributed by atoms with Crippen molar-refractivity contribution in [3.05, 3.63) is 87.2 Å². The molecule has 3 aromatic carbocycles. The number of para-hydroxylation sites is 1. The number of nitrogens with one attached hydrogen (secondary N) is 1. The van der Waals surface area contributed by atoms with Gasteiger partial charge in [0.25, 0.3) is 11.1 Å². The van der Waals surface area contributed by atoms with E-state index in [1.54, 1.807) is 30.3 Å². The highest BCUT2D eigenvalue weighted by atomic mass is 35.5. The standard InChI is InChI=1S/C25H18Cl2N2O7S2/c1-35-20-12-15(11-19(27)23(20)36-38(33,34)18-9-7-16(26)8-10-18)13-21-24(31)29(25(32)37-21)14-22(30)28-17-5-3-2-4-6-17/h2-13H,14H2,1H3,(H,28,30)/b21-13-. The number of benzene rings is 3. The zero-order valence-electron chi connectivity index (χ0n) is 19.5. The Balaban J connectivity index is 1.53. The summed E-state index contributed by atoms with van der Waals surface area (Å²) in [6, 6.07) is 16.7. The van der Waals surface area contributed by atoms with Crippen molar-refractivity contribution >= 4 is 73.9 Å². The molecule has 1 fully saturated rings. The summed E-state index contributed by atoms with van der Waals surface area (Å²) in [6.07, 6.45) is 1.38. The molecule has 0 saturated carbocycles. The Morgan fingerprint density at radius 1 is 1.05 bits per heavy atom. The van der Waals surface area contributed by atoms with Gasteiger partial charge in [0.2, 0.25) is 11.7 Å². The van der Waals surface area contributed by atoms with Crippen molar-refractivity contribution in [1.82, 2.24) is 4.90 Å². The van der Waals surface area contributed by atoms with Crippen molar-refractivity contribution in [3.63, 3.8) is 0 Å². The van der Waals surface area contributed by atoms with Gasteiger partial charge in [-0.3, -0.25) is 19.3 Å². The maximum absolute atomic E-state index is 12.8. The van der Waals surface area contributed by atoms with Crippen LogP contribution in [0.3, 0.4) is 0 Å². The van der Waals surface area contributed by atoms with Crippen LogP contribution in [0.25, 0.3) is 6.08 Å². The van der Waals surface area contributed by atoms with Gasteiger partial charge in [-0.25, -0.2) is 0 Å². The predicted molar refractivity (Wildman–Crippen MR) is 145 cm³/mol. The van der Waals surface area contributed by atoms with Crippen LogP contribution in [-0.2, 0) is 19.7 Å². The van der Waals surface area contributed by atoms with Gasteiger partial charge in [-0.05, 0) is 71.9 Å². The molecule has 0 spiro atoms. The molecule has 0 unspecified atom stereocenters. The van der Waals surface area contributed by atoms with E-state index in [0.717, 1.165) is 4.90 Å². The van der Waals surface area contributed by atoms with Crippen LogP contribution in [-0.4, -0.2) is 44.0 Å². The second-order valence-corrected chi connectivity index (χ2v) is 11.1. The molecule has 0 radical (unpaired) electrons. The molecule has 1 heterocycles. The number of thioether (sulfide) groups is 1. The van der Waals surface area contributed by atoms with Crippen LogP contribution in [0.5, 0.6) is 11.5 Å². The normalized spacial score (nSPS) is 14.6. The van der Waals surface area contributed by atoms with Crippen LogP contribution in [0.15, 0.2) is 76.5 Å². The van der Waals surface area contributed by atoms with Crippen molar-refractivity contribution in [1.29, 1.82) is 0 Å². The third-order valence-corrected chi connectivity index (χ3v) is 7.75. The lowest BCUT2D eigenvalue weighted by atomic mass is 10.2. The Hall–Kier alpha value is -3.51. The summed E-state index contributed by atoms with van der Waals surface area (Å²) in [4.78, 5) is 38.3. The fraction of sp³-hybridized carbons (Fsp3) is 0.0800. The first kappa shape index (κ1) is 27.5. The van der Waals surface area contributed by atoms with Gasteiger partial charge in [0.15, 0.2) is 5.75 Å². The second-order valence-electron chi connectivity index (χ2n) is 7.71. The van der Waals surface area contributed by atoms with Gasteiger partial charge in [-0.15, -0.1) is 0 Å². The largest absolute Gasteiger partial charge is 0.493 e. The lowest BCUT2D eigenvalue weighted by Crippen LogP contribution is -2.36. The molecular formula is C25H18Cl2N2O7S2. The van der Waals surface area contributed by atoms with E-state index in [-0.39, 0.29) is 26.3 Å². The molecular weight excluding hydrogens is 575 g/mol. The molecule has 9 nitrogen and oxygen atoms in total. The van der Waals surface area contributed by atoms with Crippen molar-refractivity contribution in [2.75, 3.05) is 19.0 Å². The Bertz CT molecular complexity index is 1540. The molecule has 13 heteroatoms. The molecule has 1 aliphatic heterocycles. The van der Waals surface area contributed by atoms with Gasteiger partial charge < -0.3 is 14.2 Å². The zero-order chi connectivity index (χ0) is 27.4. The fourth-order valence-corrected chi connectivity index (χ4v) is 5.54. The van der Waals surface area contributed by atoms with Gasteiger partial charge >= 0.3 is 10.1 Å². The molecule has 38 heavy (non-hydrogen) atoms. The van der Waals surface area contributed by atoms with E-state index in [0.29, 0.717) is 28.0 Å². The molecule has 0 bridgehead atoms. The molecule has 3 aromatic rings. The van der Waals surface area contributed by atoms with Gasteiger partial charge in [-0.2, -0.15) is 8.42 Å². The zero-order valence-corrected chi connectivity index (χ0v) is 22.7. The van der Waals surface area contributed by atoms with E-state index in [1.807, 2.05) is 0 Å². The molecule has 1 N–H and O–H groups in total. The molecule has 0 aliphatic carbocycles. The molecule has 0 atom stereocenters. The molecule has 3 amide bonds. The highest BCUT2D eigenvalue weighted by Crippen LogP contribution is 2.40. The summed E-state index contributed by atoms with van der Waals surface area (Å²) in [5.41, 5.74) is 0.865. The smallest absolute Gasteiger partial charge is 0.339 e. The number of anilines is 1. The first-order chi connectivity index (χ1) is 18.1. The third kappa shape index (κ3) is 6.30. The number of halogens is 2. The van der Waals surface area contributed by atoms with Gasteiger partial charge in [0.1, 0.15) is 11.4 Å². The van der Waals surface area contributed by atoms with Crippen LogP contribution < -0.4 is 14.2 Å². The minimum Gasteiger partial charge on any atom is -0.493 e. The number of hydrogen-bond donors (Lipinski definition) is 1. The van der Waals surface area contributed by atoms with Crippen molar-refractivity contribution in [3.8, 4) is 11.5 Å². The quantitative estimate of drug-likeness (QED) is 0.271. The molecule has 4 rings (SSSR count). The maximum atomic E-state index is 12.8. The maximum Gasteiger partial charge on any atom is 0.339 e. The number of methoxy groups -OCH3 is 1. The SMILES string of the molecule is COc1cc(/C=C2\SC(=O)N(CC(=O)Nc3ccccc3)C2=O)cc(Cl)c1OS(=O)(=O)c1ccc(Cl)cc1. The predicted octanol–water partition coefficient (Wildman–Crippen LogP) is 5.44. The summed E-state index contributed by atoms with van der Waals surface area (Å²) in [5, 5.41) is 2.24. The number of nitrogens with zero attached hydrogens (tertiary/aromatic N) is 1. The minimum atomic E-state index is -4.26. The van der Waals surface area contributed by atoms with Crippen LogP contribution in [0.4, 0.5) is 10.5 Å². The number of amides is 3. The average molecular weight is 593 g/mol. The Morgan fingerprint density at radius 2 is 1.74 bits per heavy atom. The molecule has 1 saturated heterocycles. The van der Waals surface area contributed by atoms with Crippen LogP contribution in [0.1, 0.15) is 5.56 Å². The number of rotatable bonds is 8. The van der Waals surface area contributed by atoms with E-state index >= 15 is 0 Å².